The fourth-order valence-electron chi connectivity index (χ4n) is 1.15. The van der Waals surface area contributed by atoms with E-state index in [9.17, 15) is 4.79 Å². The van der Waals surface area contributed by atoms with Gasteiger partial charge in [-0.25, -0.2) is 4.79 Å². The maximum absolute atomic E-state index is 11.5. The summed E-state index contributed by atoms with van der Waals surface area (Å²) in [5, 5.41) is 0. The summed E-state index contributed by atoms with van der Waals surface area (Å²) in [6.45, 7) is 3.70. The number of hydrogen-bond acceptors (Lipinski definition) is 4. The zero-order valence-electron chi connectivity index (χ0n) is 8.33. The third-order valence-corrected chi connectivity index (χ3v) is 2.84. The topological polar surface area (TPSA) is 44.8 Å². The lowest BCUT2D eigenvalue weighted by Crippen LogP contribution is -2.03. The molecule has 1 aromatic rings. The van der Waals surface area contributed by atoms with Gasteiger partial charge in [0.05, 0.1) is 12.7 Å². The highest BCUT2D eigenvalue weighted by Gasteiger charge is 2.16. The molecule has 0 aliphatic carbocycles. The number of ether oxygens (including phenoxy) is 1. The monoisotopic (exact) mass is 446 g/mol. The Balaban J connectivity index is 3.26. The van der Waals surface area contributed by atoms with Crippen LogP contribution in [0.1, 0.15) is 15.9 Å². The summed E-state index contributed by atoms with van der Waals surface area (Å²) >= 11 is 3.23. The smallest absolute Gasteiger partial charge is 0.348 e. The second-order valence-corrected chi connectivity index (χ2v) is 3.66. The fourth-order valence-corrected chi connectivity index (χ4v) is 1.62. The summed E-state index contributed by atoms with van der Waals surface area (Å²) in [6.07, 6.45) is 0. The highest BCUT2D eigenvalue weighted by Crippen LogP contribution is 2.26. The van der Waals surface area contributed by atoms with Gasteiger partial charge >= 0.3 is 5.97 Å². The Labute approximate surface area is 121 Å². The van der Waals surface area contributed by atoms with Gasteiger partial charge < -0.3 is 10.9 Å². The van der Waals surface area contributed by atoms with Crippen LogP contribution >= 0.6 is 46.0 Å². The van der Waals surface area contributed by atoms with E-state index in [1.54, 1.807) is 41.2 Å². The molecule has 0 spiro atoms. The van der Waals surface area contributed by atoms with Gasteiger partial charge in [0.25, 0.3) is 0 Å². The van der Waals surface area contributed by atoms with Crippen LogP contribution in [-0.4, -0.2) is 13.1 Å². The van der Waals surface area contributed by atoms with E-state index < -0.39 is 5.97 Å². The van der Waals surface area contributed by atoms with Gasteiger partial charge in [-0.2, -0.15) is 0 Å². The minimum absolute atomic E-state index is 0.357. The van der Waals surface area contributed by atoms with Crippen molar-refractivity contribution in [3.63, 3.8) is 0 Å². The number of methoxy groups -OCH3 is 1. The van der Waals surface area contributed by atoms with Crippen molar-refractivity contribution in [3.8, 4) is 5.75 Å². The molecule has 0 heterocycles. The second kappa shape index (κ2) is 6.28. The van der Waals surface area contributed by atoms with Gasteiger partial charge in [-0.1, -0.05) is 6.58 Å². The molecular weight excluding hydrogens is 438 g/mol. The molecule has 0 aliphatic rings. The Morgan fingerprint density at radius 2 is 1.94 bits per heavy atom. The standard InChI is InChI=1S/C10H8I2O4/c1-6(15-11)8-4-3-7(14-2)5-9(8)10(13)16-12/h3-5H,1H2,2H3. The zero-order valence-corrected chi connectivity index (χ0v) is 12.6. The van der Waals surface area contributed by atoms with Gasteiger partial charge in [0.2, 0.25) is 0 Å². The van der Waals surface area contributed by atoms with Crippen molar-refractivity contribution in [2.45, 2.75) is 0 Å². The van der Waals surface area contributed by atoms with Crippen LogP contribution in [0, 0.1) is 0 Å². The van der Waals surface area contributed by atoms with Gasteiger partial charge in [-0.05, 0) is 18.2 Å². The Morgan fingerprint density at radius 3 is 2.44 bits per heavy atom. The number of carbonyl (C=O) groups excluding carboxylic acids is 1. The zero-order chi connectivity index (χ0) is 12.1. The Kier molecular flexibility index (Phi) is 5.32. The molecule has 0 saturated heterocycles. The molecule has 1 rings (SSSR count). The quantitative estimate of drug-likeness (QED) is 0.525. The van der Waals surface area contributed by atoms with Crippen molar-refractivity contribution in [2.24, 2.45) is 0 Å². The highest BCUT2D eigenvalue weighted by atomic mass is 127. The van der Waals surface area contributed by atoms with Crippen molar-refractivity contribution in [2.75, 3.05) is 7.11 Å². The van der Waals surface area contributed by atoms with Gasteiger partial charge in [0, 0.05) is 5.56 Å². The van der Waals surface area contributed by atoms with Crippen LogP contribution in [0.15, 0.2) is 24.8 Å². The van der Waals surface area contributed by atoms with Crippen molar-refractivity contribution in [3.05, 3.63) is 35.9 Å². The molecule has 0 aromatic heterocycles. The highest BCUT2D eigenvalue weighted by molar-refractivity contribution is 14.1. The molecule has 0 N–H and O–H groups in total. The first-order valence-corrected chi connectivity index (χ1v) is 5.89. The number of hydrogen-bond donors (Lipinski definition) is 0. The summed E-state index contributed by atoms with van der Waals surface area (Å²) in [7, 11) is 1.53. The van der Waals surface area contributed by atoms with E-state index in [1.165, 1.54) is 30.1 Å². The van der Waals surface area contributed by atoms with Crippen LogP contribution in [0.5, 0.6) is 5.75 Å². The van der Waals surface area contributed by atoms with Crippen molar-refractivity contribution < 1.29 is 15.7 Å². The molecule has 0 unspecified atom stereocenters. The molecular formula is C10H8I2O4. The van der Waals surface area contributed by atoms with E-state index in [-0.39, 0.29) is 0 Å². The van der Waals surface area contributed by atoms with E-state index >= 15 is 0 Å². The van der Waals surface area contributed by atoms with Crippen molar-refractivity contribution >= 4 is 57.7 Å². The molecule has 0 radical (unpaired) electrons. The Bertz CT molecular complexity index is 417. The average Bonchev–Trinajstić information content (AvgIpc) is 2.36. The number of benzene rings is 1. The minimum atomic E-state index is -0.468. The molecule has 4 nitrogen and oxygen atoms in total. The maximum Gasteiger partial charge on any atom is 0.348 e. The average molecular weight is 446 g/mol. The molecule has 6 heteroatoms. The lowest BCUT2D eigenvalue weighted by atomic mass is 10.1. The molecule has 86 valence electrons. The van der Waals surface area contributed by atoms with Crippen molar-refractivity contribution in [1.82, 2.24) is 0 Å². The first-order chi connectivity index (χ1) is 7.63. The summed E-state index contributed by atoms with van der Waals surface area (Å²) < 4.78 is 14.7. The number of carbonyl (C=O) groups is 1. The normalized spacial score (nSPS) is 9.44. The first kappa shape index (κ1) is 13.6. The lowest BCUT2D eigenvalue weighted by molar-refractivity contribution is 0.0799. The largest absolute Gasteiger partial charge is 0.497 e. The van der Waals surface area contributed by atoms with E-state index in [1.807, 2.05) is 0 Å². The van der Waals surface area contributed by atoms with Crippen LogP contribution in [0.3, 0.4) is 0 Å². The maximum atomic E-state index is 11.5. The van der Waals surface area contributed by atoms with E-state index in [0.717, 1.165) is 0 Å². The SMILES string of the molecule is C=C(OI)c1ccc(OC)cc1C(=O)OI. The van der Waals surface area contributed by atoms with Crippen LogP contribution in [0.4, 0.5) is 0 Å². The van der Waals surface area contributed by atoms with E-state index in [2.05, 4.69) is 9.65 Å². The molecule has 1 aromatic carbocycles. The van der Waals surface area contributed by atoms with Gasteiger partial charge in [0.1, 0.15) is 11.5 Å². The third-order valence-electron chi connectivity index (χ3n) is 1.91. The number of halogens is 2. The van der Waals surface area contributed by atoms with Crippen molar-refractivity contribution in [1.29, 1.82) is 0 Å². The lowest BCUT2D eigenvalue weighted by Gasteiger charge is -2.09. The predicted octanol–water partition coefficient (Wildman–Crippen LogP) is 3.54. The molecule has 0 fully saturated rings. The summed E-state index contributed by atoms with van der Waals surface area (Å²) in [5.41, 5.74) is 0.937. The van der Waals surface area contributed by atoms with Gasteiger partial charge in [-0.3, -0.25) is 0 Å². The molecule has 0 saturated carbocycles. The molecule has 0 atom stereocenters. The molecule has 0 amide bonds. The first-order valence-electron chi connectivity index (χ1n) is 4.12. The predicted molar refractivity (Wildman–Crippen MR) is 76.6 cm³/mol. The van der Waals surface area contributed by atoms with E-state index in [4.69, 9.17) is 7.80 Å². The molecule has 16 heavy (non-hydrogen) atoms. The fraction of sp³-hybridized carbons (Fsp3) is 0.100. The second-order valence-electron chi connectivity index (χ2n) is 2.78. The summed E-state index contributed by atoms with van der Waals surface area (Å²) in [5.74, 6) is 0.492. The van der Waals surface area contributed by atoms with Crippen LogP contribution in [0.2, 0.25) is 0 Å². The Hall–Kier alpha value is -0.510. The summed E-state index contributed by atoms with van der Waals surface area (Å²) in [6, 6.07) is 5.00. The van der Waals surface area contributed by atoms with Gasteiger partial charge in [0.15, 0.2) is 46.0 Å². The summed E-state index contributed by atoms with van der Waals surface area (Å²) in [4.78, 5) is 11.5. The van der Waals surface area contributed by atoms with Crippen LogP contribution in [0.25, 0.3) is 5.76 Å². The Morgan fingerprint density at radius 1 is 1.25 bits per heavy atom. The number of rotatable bonds is 4. The van der Waals surface area contributed by atoms with Crippen LogP contribution < -0.4 is 4.74 Å². The van der Waals surface area contributed by atoms with Gasteiger partial charge in [-0.15, -0.1) is 0 Å². The van der Waals surface area contributed by atoms with Crippen LogP contribution in [-0.2, 0) is 6.13 Å². The van der Waals surface area contributed by atoms with E-state index in [0.29, 0.717) is 22.6 Å². The molecule has 0 bridgehead atoms. The molecule has 0 aliphatic heterocycles. The minimum Gasteiger partial charge on any atom is -0.497 e. The third kappa shape index (κ3) is 3.00.